The summed E-state index contributed by atoms with van der Waals surface area (Å²) in [4.78, 5) is 23.0. The molecular weight excluding hydrogens is 318 g/mol. The minimum atomic E-state index is -0.497. The second-order valence-electron chi connectivity index (χ2n) is 5.63. The number of halogens is 1. The molecule has 7 heteroatoms. The number of nitrogens with one attached hydrogen (secondary N) is 2. The Morgan fingerprint density at radius 2 is 2.22 bits per heavy atom. The first kappa shape index (κ1) is 19.3. The van der Waals surface area contributed by atoms with Crippen molar-refractivity contribution >= 4 is 24.2 Å². The molecule has 2 rings (SSSR count). The Balaban J connectivity index is 0.00000264. The highest BCUT2D eigenvalue weighted by molar-refractivity contribution is 5.93. The van der Waals surface area contributed by atoms with Crippen LogP contribution in [0.25, 0.3) is 0 Å². The van der Waals surface area contributed by atoms with Gasteiger partial charge in [-0.3, -0.25) is 9.59 Å². The van der Waals surface area contributed by atoms with E-state index in [-0.39, 0.29) is 37.4 Å². The van der Waals surface area contributed by atoms with Gasteiger partial charge in [0.05, 0.1) is 13.0 Å². The topological polar surface area (TPSA) is 93.4 Å². The highest BCUT2D eigenvalue weighted by Gasteiger charge is 2.22. The lowest BCUT2D eigenvalue weighted by Gasteiger charge is -2.30. The van der Waals surface area contributed by atoms with Gasteiger partial charge in [-0.2, -0.15) is 0 Å². The molecule has 0 radical (unpaired) electrons. The van der Waals surface area contributed by atoms with Crippen LogP contribution in [0.3, 0.4) is 0 Å². The van der Waals surface area contributed by atoms with Crippen molar-refractivity contribution in [2.45, 2.75) is 25.8 Å². The van der Waals surface area contributed by atoms with Crippen LogP contribution in [0.4, 0.5) is 0 Å². The number of rotatable bonds is 6. The van der Waals surface area contributed by atoms with Crippen LogP contribution in [0.1, 0.15) is 30.1 Å². The molecule has 1 aromatic rings. The average molecular weight is 342 g/mol. The maximum absolute atomic E-state index is 11.9. The van der Waals surface area contributed by atoms with Crippen LogP contribution in [0, 0.1) is 5.92 Å². The monoisotopic (exact) mass is 341 g/mol. The predicted molar refractivity (Wildman–Crippen MR) is 90.9 cm³/mol. The Hall–Kier alpha value is -1.79. The number of hydrogen-bond donors (Lipinski definition) is 3. The van der Waals surface area contributed by atoms with Crippen molar-refractivity contribution in [2.75, 3.05) is 19.7 Å². The molecule has 1 aliphatic rings. The van der Waals surface area contributed by atoms with E-state index in [1.54, 1.807) is 24.3 Å². The van der Waals surface area contributed by atoms with Gasteiger partial charge in [0.25, 0.3) is 0 Å². The van der Waals surface area contributed by atoms with Gasteiger partial charge in [0.1, 0.15) is 5.75 Å². The number of carbonyl (C=O) groups is 2. The summed E-state index contributed by atoms with van der Waals surface area (Å²) >= 11 is 0. The summed E-state index contributed by atoms with van der Waals surface area (Å²) in [6.07, 6.45) is 1.24. The third-order valence-corrected chi connectivity index (χ3v) is 3.85. The summed E-state index contributed by atoms with van der Waals surface area (Å²) in [7, 11) is 0. The van der Waals surface area contributed by atoms with E-state index in [1.165, 1.54) is 0 Å². The molecule has 0 bridgehead atoms. The first-order valence-electron chi connectivity index (χ1n) is 7.59. The lowest BCUT2D eigenvalue weighted by molar-refractivity contribution is -0.122. The Kier molecular flexibility index (Phi) is 7.85. The summed E-state index contributed by atoms with van der Waals surface area (Å²) < 4.78 is 5.50. The number of hydrogen-bond acceptors (Lipinski definition) is 4. The standard InChI is InChI=1S/C16H23N3O3.ClH/c1-11-10-18-7-5-14(11)19-15(20)6-8-22-13-4-2-3-12(9-13)16(17)21;/h2-4,9,11,14,18H,5-8,10H2,1H3,(H2,17,21)(H,19,20);1H. The van der Waals surface area contributed by atoms with Gasteiger partial charge in [0.15, 0.2) is 0 Å². The fraction of sp³-hybridized carbons (Fsp3) is 0.500. The zero-order chi connectivity index (χ0) is 15.9. The summed E-state index contributed by atoms with van der Waals surface area (Å²) in [5, 5.41) is 6.35. The van der Waals surface area contributed by atoms with Gasteiger partial charge in [0, 0.05) is 11.6 Å². The molecular formula is C16H24ClN3O3. The second-order valence-corrected chi connectivity index (χ2v) is 5.63. The fourth-order valence-corrected chi connectivity index (χ4v) is 2.51. The zero-order valence-electron chi connectivity index (χ0n) is 13.2. The van der Waals surface area contributed by atoms with Gasteiger partial charge in [-0.25, -0.2) is 0 Å². The number of ether oxygens (including phenoxy) is 1. The Morgan fingerprint density at radius 3 is 2.91 bits per heavy atom. The summed E-state index contributed by atoms with van der Waals surface area (Å²) in [5.41, 5.74) is 5.61. The summed E-state index contributed by atoms with van der Waals surface area (Å²) in [6, 6.07) is 6.87. The van der Waals surface area contributed by atoms with Crippen molar-refractivity contribution in [3.8, 4) is 5.75 Å². The number of amides is 2. The molecule has 2 unspecified atom stereocenters. The van der Waals surface area contributed by atoms with E-state index in [4.69, 9.17) is 10.5 Å². The van der Waals surface area contributed by atoms with Crippen LogP contribution < -0.4 is 21.1 Å². The third kappa shape index (κ3) is 6.08. The lowest BCUT2D eigenvalue weighted by atomic mass is 9.95. The number of benzene rings is 1. The predicted octanol–water partition coefficient (Wildman–Crippen LogP) is 1.09. The number of piperidine rings is 1. The molecule has 1 fully saturated rings. The second kappa shape index (κ2) is 9.37. The molecule has 1 heterocycles. The first-order chi connectivity index (χ1) is 10.6. The van der Waals surface area contributed by atoms with E-state index >= 15 is 0 Å². The molecule has 1 saturated heterocycles. The van der Waals surface area contributed by atoms with Crippen molar-refractivity contribution < 1.29 is 14.3 Å². The minimum absolute atomic E-state index is 0. The van der Waals surface area contributed by atoms with Crippen LogP contribution in [-0.2, 0) is 4.79 Å². The van der Waals surface area contributed by atoms with Crippen LogP contribution >= 0.6 is 12.4 Å². The van der Waals surface area contributed by atoms with Crippen molar-refractivity contribution in [2.24, 2.45) is 11.7 Å². The molecule has 128 valence electrons. The maximum Gasteiger partial charge on any atom is 0.248 e. The molecule has 0 saturated carbocycles. The van der Waals surface area contributed by atoms with Crippen molar-refractivity contribution in [3.63, 3.8) is 0 Å². The number of carbonyl (C=O) groups excluding carboxylic acids is 2. The largest absolute Gasteiger partial charge is 0.493 e. The van der Waals surface area contributed by atoms with E-state index in [0.29, 0.717) is 17.2 Å². The zero-order valence-corrected chi connectivity index (χ0v) is 14.0. The first-order valence-corrected chi connectivity index (χ1v) is 7.59. The molecule has 2 atom stereocenters. The summed E-state index contributed by atoms with van der Waals surface area (Å²) in [5.74, 6) is 0.470. The fourth-order valence-electron chi connectivity index (χ4n) is 2.51. The molecule has 1 aromatic carbocycles. The maximum atomic E-state index is 11.9. The van der Waals surface area contributed by atoms with E-state index < -0.39 is 5.91 Å². The molecule has 0 aliphatic carbocycles. The molecule has 0 aromatic heterocycles. The highest BCUT2D eigenvalue weighted by atomic mass is 35.5. The van der Waals surface area contributed by atoms with Crippen LogP contribution in [0.2, 0.25) is 0 Å². The van der Waals surface area contributed by atoms with Gasteiger partial charge in [-0.05, 0) is 43.6 Å². The Labute approximate surface area is 142 Å². The molecule has 6 nitrogen and oxygen atoms in total. The summed E-state index contributed by atoms with van der Waals surface area (Å²) in [6.45, 7) is 4.27. The van der Waals surface area contributed by atoms with Crippen molar-refractivity contribution in [1.82, 2.24) is 10.6 Å². The van der Waals surface area contributed by atoms with Crippen LogP contribution in [-0.4, -0.2) is 37.6 Å². The van der Waals surface area contributed by atoms with Crippen LogP contribution in [0.5, 0.6) is 5.75 Å². The van der Waals surface area contributed by atoms with Gasteiger partial charge < -0.3 is 21.1 Å². The normalized spacial score (nSPS) is 20.2. The van der Waals surface area contributed by atoms with Gasteiger partial charge in [0.2, 0.25) is 11.8 Å². The van der Waals surface area contributed by atoms with E-state index in [2.05, 4.69) is 17.6 Å². The molecule has 2 amide bonds. The van der Waals surface area contributed by atoms with E-state index in [1.807, 2.05) is 0 Å². The quantitative estimate of drug-likeness (QED) is 0.722. The minimum Gasteiger partial charge on any atom is -0.493 e. The van der Waals surface area contributed by atoms with Crippen LogP contribution in [0.15, 0.2) is 24.3 Å². The van der Waals surface area contributed by atoms with E-state index in [0.717, 1.165) is 19.5 Å². The van der Waals surface area contributed by atoms with Crippen molar-refractivity contribution in [1.29, 1.82) is 0 Å². The molecule has 0 spiro atoms. The smallest absolute Gasteiger partial charge is 0.248 e. The van der Waals surface area contributed by atoms with Gasteiger partial charge in [-0.1, -0.05) is 13.0 Å². The Bertz CT molecular complexity index is 539. The Morgan fingerprint density at radius 1 is 1.43 bits per heavy atom. The highest BCUT2D eigenvalue weighted by Crippen LogP contribution is 2.13. The van der Waals surface area contributed by atoms with Gasteiger partial charge >= 0.3 is 0 Å². The number of nitrogens with two attached hydrogens (primary N) is 1. The average Bonchev–Trinajstić information content (AvgIpc) is 2.50. The SMILES string of the molecule is CC1CNCCC1NC(=O)CCOc1cccc(C(N)=O)c1.Cl. The number of primary amides is 1. The van der Waals surface area contributed by atoms with E-state index in [9.17, 15) is 9.59 Å². The molecule has 1 aliphatic heterocycles. The van der Waals surface area contributed by atoms with Gasteiger partial charge in [-0.15, -0.1) is 12.4 Å². The third-order valence-electron chi connectivity index (χ3n) is 3.85. The molecule has 23 heavy (non-hydrogen) atoms. The molecule has 4 N–H and O–H groups in total. The van der Waals surface area contributed by atoms with Crippen molar-refractivity contribution in [3.05, 3.63) is 29.8 Å². The lowest BCUT2D eigenvalue weighted by Crippen LogP contribution is -2.48.